The predicted molar refractivity (Wildman–Crippen MR) is 50.2 cm³/mol. The number of carbonyl (C=O) groups is 1. The molecule has 1 amide bonds. The molecule has 1 aliphatic heterocycles. The molecule has 0 aliphatic carbocycles. The normalized spacial score (nSPS) is 18.6. The second-order valence-electron chi connectivity index (χ2n) is 4.08. The van der Waals surface area contributed by atoms with Gasteiger partial charge >= 0.3 is 0 Å². The summed E-state index contributed by atoms with van der Waals surface area (Å²) in [6.45, 7) is 6.58. The zero-order chi connectivity index (χ0) is 10.1. The van der Waals surface area contributed by atoms with Crippen molar-refractivity contribution in [1.82, 2.24) is 4.90 Å². The van der Waals surface area contributed by atoms with E-state index in [1.54, 1.807) is 4.90 Å². The Bertz CT molecular complexity index is 195. The minimum Gasteiger partial charge on any atom is -0.336 e. The summed E-state index contributed by atoms with van der Waals surface area (Å²) in [4.78, 5) is 13.4. The Labute approximate surface area is 79.1 Å². The number of rotatable bonds is 3. The minimum absolute atomic E-state index is 0.117. The molecule has 0 unspecified atom stereocenters. The van der Waals surface area contributed by atoms with Crippen LogP contribution in [0.4, 0.5) is 4.39 Å². The fourth-order valence-corrected chi connectivity index (χ4v) is 1.52. The lowest BCUT2D eigenvalue weighted by molar-refractivity contribution is -0.149. The molecule has 76 valence electrons. The lowest BCUT2D eigenvalue weighted by Crippen LogP contribution is -2.55. The average molecular weight is 187 g/mol. The van der Waals surface area contributed by atoms with E-state index < -0.39 is 6.17 Å². The van der Waals surface area contributed by atoms with Crippen molar-refractivity contribution in [1.29, 1.82) is 0 Å². The van der Waals surface area contributed by atoms with E-state index >= 15 is 0 Å². The van der Waals surface area contributed by atoms with E-state index in [4.69, 9.17) is 0 Å². The van der Waals surface area contributed by atoms with Gasteiger partial charge in [0.2, 0.25) is 5.91 Å². The summed E-state index contributed by atoms with van der Waals surface area (Å²) in [5.41, 5.74) is -0.278. The van der Waals surface area contributed by atoms with Crippen molar-refractivity contribution in [3.8, 4) is 0 Å². The van der Waals surface area contributed by atoms with Crippen LogP contribution in [0.25, 0.3) is 0 Å². The molecule has 0 aromatic rings. The molecule has 0 N–H and O–H groups in total. The van der Waals surface area contributed by atoms with Crippen LogP contribution in [0, 0.1) is 5.41 Å². The molecular weight excluding hydrogens is 169 g/mol. The quantitative estimate of drug-likeness (QED) is 0.661. The van der Waals surface area contributed by atoms with E-state index in [-0.39, 0.29) is 11.3 Å². The van der Waals surface area contributed by atoms with Gasteiger partial charge in [0.15, 0.2) is 0 Å². The van der Waals surface area contributed by atoms with Gasteiger partial charge in [-0.3, -0.25) is 4.79 Å². The van der Waals surface area contributed by atoms with Crippen LogP contribution >= 0.6 is 0 Å². The van der Waals surface area contributed by atoms with E-state index in [1.807, 2.05) is 20.8 Å². The topological polar surface area (TPSA) is 20.3 Å². The first-order chi connectivity index (χ1) is 6.03. The number of hydrogen-bond acceptors (Lipinski definition) is 1. The van der Waals surface area contributed by atoms with E-state index in [9.17, 15) is 9.18 Å². The Hall–Kier alpha value is -0.600. The van der Waals surface area contributed by atoms with Crippen LogP contribution in [0.1, 0.15) is 33.6 Å². The summed E-state index contributed by atoms with van der Waals surface area (Å²) in [6, 6.07) is 0. The van der Waals surface area contributed by atoms with E-state index in [0.717, 1.165) is 12.8 Å². The molecule has 0 radical (unpaired) electrons. The van der Waals surface area contributed by atoms with Crippen molar-refractivity contribution in [3.05, 3.63) is 0 Å². The van der Waals surface area contributed by atoms with Gasteiger partial charge in [0.1, 0.15) is 6.17 Å². The molecule has 0 aromatic carbocycles. The van der Waals surface area contributed by atoms with Crippen LogP contribution in [0.5, 0.6) is 0 Å². The third kappa shape index (κ3) is 1.84. The Kier molecular flexibility index (Phi) is 2.94. The molecular formula is C10H18FNO. The lowest BCUT2D eigenvalue weighted by atomic mass is 9.82. The maximum atomic E-state index is 12.5. The third-order valence-electron chi connectivity index (χ3n) is 3.20. The number of carbonyl (C=O) groups excluding carboxylic acids is 1. The molecule has 13 heavy (non-hydrogen) atoms. The lowest BCUT2D eigenvalue weighted by Gasteiger charge is -2.40. The van der Waals surface area contributed by atoms with Crippen LogP contribution in [0.2, 0.25) is 0 Å². The Balaban J connectivity index is 2.55. The second kappa shape index (κ2) is 3.64. The first-order valence-corrected chi connectivity index (χ1v) is 4.97. The number of amides is 1. The van der Waals surface area contributed by atoms with Crippen molar-refractivity contribution in [3.63, 3.8) is 0 Å². The summed E-state index contributed by atoms with van der Waals surface area (Å²) in [5.74, 6) is 0.117. The second-order valence-corrected chi connectivity index (χ2v) is 4.08. The van der Waals surface area contributed by atoms with Gasteiger partial charge < -0.3 is 4.90 Å². The molecule has 1 heterocycles. The summed E-state index contributed by atoms with van der Waals surface area (Å²) >= 11 is 0. The Morgan fingerprint density at radius 2 is 1.92 bits per heavy atom. The SMILES string of the molecule is CCC(C)(CC)C(=O)N1CC(F)C1. The largest absolute Gasteiger partial charge is 0.336 e. The van der Waals surface area contributed by atoms with Gasteiger partial charge in [0, 0.05) is 5.41 Å². The highest BCUT2D eigenvalue weighted by molar-refractivity contribution is 5.83. The van der Waals surface area contributed by atoms with Gasteiger partial charge in [0.05, 0.1) is 13.1 Å². The standard InChI is InChI=1S/C10H18FNO/c1-4-10(3,5-2)9(13)12-6-8(11)7-12/h8H,4-7H2,1-3H3. The highest BCUT2D eigenvalue weighted by Crippen LogP contribution is 2.30. The highest BCUT2D eigenvalue weighted by atomic mass is 19.1. The number of hydrogen-bond donors (Lipinski definition) is 0. The predicted octanol–water partition coefficient (Wildman–Crippen LogP) is 1.99. The van der Waals surface area contributed by atoms with Gasteiger partial charge in [-0.2, -0.15) is 0 Å². The summed E-state index contributed by atoms with van der Waals surface area (Å²) in [7, 11) is 0. The molecule has 0 spiro atoms. The van der Waals surface area contributed by atoms with Gasteiger partial charge in [-0.1, -0.05) is 20.8 Å². The number of nitrogens with zero attached hydrogens (tertiary/aromatic N) is 1. The zero-order valence-electron chi connectivity index (χ0n) is 8.64. The Morgan fingerprint density at radius 1 is 1.46 bits per heavy atom. The van der Waals surface area contributed by atoms with Crippen molar-refractivity contribution in [2.75, 3.05) is 13.1 Å². The molecule has 1 saturated heterocycles. The van der Waals surface area contributed by atoms with E-state index in [0.29, 0.717) is 13.1 Å². The summed E-state index contributed by atoms with van der Waals surface area (Å²) in [6.07, 6.45) is 0.868. The van der Waals surface area contributed by atoms with Gasteiger partial charge in [-0.25, -0.2) is 4.39 Å². The van der Waals surface area contributed by atoms with Crippen LogP contribution < -0.4 is 0 Å². The van der Waals surface area contributed by atoms with Gasteiger partial charge in [0.25, 0.3) is 0 Å². The zero-order valence-corrected chi connectivity index (χ0v) is 8.64. The molecule has 1 fully saturated rings. The van der Waals surface area contributed by atoms with E-state index in [2.05, 4.69) is 0 Å². The van der Waals surface area contributed by atoms with Gasteiger partial charge in [-0.05, 0) is 12.8 Å². The van der Waals surface area contributed by atoms with Crippen LogP contribution in [-0.4, -0.2) is 30.1 Å². The summed E-state index contributed by atoms with van der Waals surface area (Å²) in [5, 5.41) is 0. The molecule has 1 aliphatic rings. The number of halogens is 1. The first kappa shape index (κ1) is 10.5. The van der Waals surface area contributed by atoms with Crippen molar-refractivity contribution < 1.29 is 9.18 Å². The Morgan fingerprint density at radius 3 is 2.23 bits per heavy atom. The molecule has 2 nitrogen and oxygen atoms in total. The molecule has 0 saturated carbocycles. The molecule has 0 bridgehead atoms. The molecule has 0 atom stereocenters. The molecule has 0 aromatic heterocycles. The summed E-state index contributed by atoms with van der Waals surface area (Å²) < 4.78 is 12.5. The molecule has 3 heteroatoms. The molecule has 1 rings (SSSR count). The third-order valence-corrected chi connectivity index (χ3v) is 3.20. The monoisotopic (exact) mass is 187 g/mol. The highest BCUT2D eigenvalue weighted by Gasteiger charge is 2.39. The average Bonchev–Trinajstić information content (AvgIpc) is 2.10. The smallest absolute Gasteiger partial charge is 0.228 e. The maximum absolute atomic E-state index is 12.5. The van der Waals surface area contributed by atoms with Crippen LogP contribution in [0.3, 0.4) is 0 Å². The number of likely N-dealkylation sites (tertiary alicyclic amines) is 1. The van der Waals surface area contributed by atoms with E-state index in [1.165, 1.54) is 0 Å². The van der Waals surface area contributed by atoms with Crippen LogP contribution in [-0.2, 0) is 4.79 Å². The minimum atomic E-state index is -0.790. The number of alkyl halides is 1. The van der Waals surface area contributed by atoms with Crippen LogP contribution in [0.15, 0.2) is 0 Å². The first-order valence-electron chi connectivity index (χ1n) is 4.97. The van der Waals surface area contributed by atoms with Crippen molar-refractivity contribution in [2.24, 2.45) is 5.41 Å². The van der Waals surface area contributed by atoms with Crippen molar-refractivity contribution in [2.45, 2.75) is 39.8 Å². The maximum Gasteiger partial charge on any atom is 0.228 e. The van der Waals surface area contributed by atoms with Crippen molar-refractivity contribution >= 4 is 5.91 Å². The fourth-order valence-electron chi connectivity index (χ4n) is 1.52. The fraction of sp³-hybridized carbons (Fsp3) is 0.900. The van der Waals surface area contributed by atoms with Gasteiger partial charge in [-0.15, -0.1) is 0 Å².